The largest absolute Gasteiger partial charge is 0.507 e. The molecule has 1 saturated carbocycles. The van der Waals surface area contributed by atoms with E-state index in [0.29, 0.717) is 23.1 Å². The Morgan fingerprint density at radius 1 is 1.26 bits per heavy atom. The monoisotopic (exact) mass is 260 g/mol. The first-order valence-corrected chi connectivity index (χ1v) is 6.09. The highest BCUT2D eigenvalue weighted by molar-refractivity contribution is 5.70. The molecule has 1 heterocycles. The third-order valence-corrected chi connectivity index (χ3v) is 3.24. The Kier molecular flexibility index (Phi) is 2.81. The maximum Gasteiger partial charge on any atom is 0.233 e. The zero-order valence-corrected chi connectivity index (χ0v) is 10.4. The molecular weight excluding hydrogens is 247 g/mol. The minimum absolute atomic E-state index is 0.00256. The number of hydrogen-bond acceptors (Lipinski definition) is 4. The van der Waals surface area contributed by atoms with Crippen LogP contribution < -0.4 is 4.74 Å². The lowest BCUT2D eigenvalue weighted by atomic mass is 10.0. The SMILES string of the molecule is COc1cc(C2CC2)c(-c2cc(F)ccc2O)nn1. The van der Waals surface area contributed by atoms with Crippen molar-refractivity contribution in [2.45, 2.75) is 18.8 Å². The van der Waals surface area contributed by atoms with Crippen molar-refractivity contribution in [1.29, 1.82) is 0 Å². The van der Waals surface area contributed by atoms with E-state index in [1.165, 1.54) is 25.3 Å². The third-order valence-electron chi connectivity index (χ3n) is 3.24. The number of aromatic nitrogens is 2. The minimum atomic E-state index is -0.410. The van der Waals surface area contributed by atoms with Gasteiger partial charge in [0, 0.05) is 11.6 Å². The average Bonchev–Trinajstić information content (AvgIpc) is 3.25. The summed E-state index contributed by atoms with van der Waals surface area (Å²) in [5.74, 6) is 0.415. The number of benzene rings is 1. The molecule has 19 heavy (non-hydrogen) atoms. The molecule has 0 atom stereocenters. The van der Waals surface area contributed by atoms with E-state index in [1.54, 1.807) is 0 Å². The van der Waals surface area contributed by atoms with E-state index in [1.807, 2.05) is 6.07 Å². The maximum absolute atomic E-state index is 13.3. The molecule has 1 aliphatic carbocycles. The number of phenolic OH excluding ortho intramolecular Hbond substituents is 1. The van der Waals surface area contributed by atoms with Gasteiger partial charge in [0.05, 0.1) is 7.11 Å². The summed E-state index contributed by atoms with van der Waals surface area (Å²) < 4.78 is 18.4. The highest BCUT2D eigenvalue weighted by atomic mass is 19.1. The van der Waals surface area contributed by atoms with Crippen LogP contribution in [0.1, 0.15) is 24.3 Å². The molecule has 1 aliphatic rings. The summed E-state index contributed by atoms with van der Waals surface area (Å²) >= 11 is 0. The van der Waals surface area contributed by atoms with E-state index >= 15 is 0 Å². The summed E-state index contributed by atoms with van der Waals surface area (Å²) in [5.41, 5.74) is 1.85. The fraction of sp³-hybridized carbons (Fsp3) is 0.286. The highest BCUT2D eigenvalue weighted by Crippen LogP contribution is 2.45. The number of aromatic hydroxyl groups is 1. The Bertz CT molecular complexity index is 627. The molecule has 0 amide bonds. The fourth-order valence-corrected chi connectivity index (χ4v) is 2.10. The first kappa shape index (κ1) is 11.9. The van der Waals surface area contributed by atoms with Crippen molar-refractivity contribution in [2.24, 2.45) is 0 Å². The Hall–Kier alpha value is -2.17. The van der Waals surface area contributed by atoms with Gasteiger partial charge < -0.3 is 9.84 Å². The summed E-state index contributed by atoms with van der Waals surface area (Å²) in [6.07, 6.45) is 2.13. The van der Waals surface area contributed by atoms with Gasteiger partial charge in [-0.15, -0.1) is 10.2 Å². The molecule has 1 aromatic carbocycles. The van der Waals surface area contributed by atoms with E-state index in [4.69, 9.17) is 4.74 Å². The van der Waals surface area contributed by atoms with Crippen LogP contribution in [0.25, 0.3) is 11.3 Å². The molecule has 1 fully saturated rings. The number of ether oxygens (including phenoxy) is 1. The molecule has 5 heteroatoms. The van der Waals surface area contributed by atoms with E-state index < -0.39 is 5.82 Å². The van der Waals surface area contributed by atoms with Crippen LogP contribution in [-0.4, -0.2) is 22.4 Å². The molecule has 98 valence electrons. The van der Waals surface area contributed by atoms with E-state index in [-0.39, 0.29) is 5.75 Å². The molecular formula is C14H13FN2O2. The van der Waals surface area contributed by atoms with Gasteiger partial charge in [-0.2, -0.15) is 0 Å². The highest BCUT2D eigenvalue weighted by Gasteiger charge is 2.29. The number of rotatable bonds is 3. The summed E-state index contributed by atoms with van der Waals surface area (Å²) in [6, 6.07) is 5.63. The predicted octanol–water partition coefficient (Wildman–Crippen LogP) is 2.87. The van der Waals surface area contributed by atoms with Crippen molar-refractivity contribution in [3.05, 3.63) is 35.6 Å². The van der Waals surface area contributed by atoms with Gasteiger partial charge in [-0.1, -0.05) is 0 Å². The first-order chi connectivity index (χ1) is 9.19. The van der Waals surface area contributed by atoms with Gasteiger partial charge in [0.25, 0.3) is 0 Å². The normalized spacial score (nSPS) is 14.4. The van der Waals surface area contributed by atoms with Crippen LogP contribution in [0.15, 0.2) is 24.3 Å². The number of halogens is 1. The number of phenols is 1. The summed E-state index contributed by atoms with van der Waals surface area (Å²) in [4.78, 5) is 0. The van der Waals surface area contributed by atoms with Gasteiger partial charge in [0.2, 0.25) is 5.88 Å². The number of nitrogens with zero attached hydrogens (tertiary/aromatic N) is 2. The molecule has 0 spiro atoms. The van der Waals surface area contributed by atoms with Gasteiger partial charge in [-0.05, 0) is 42.5 Å². The molecule has 0 unspecified atom stereocenters. The van der Waals surface area contributed by atoms with Crippen molar-refractivity contribution >= 4 is 0 Å². The van der Waals surface area contributed by atoms with Crippen molar-refractivity contribution in [1.82, 2.24) is 10.2 Å². The second-order valence-corrected chi connectivity index (χ2v) is 4.63. The summed E-state index contributed by atoms with van der Waals surface area (Å²) in [6.45, 7) is 0. The molecule has 0 aliphatic heterocycles. The third kappa shape index (κ3) is 2.23. The quantitative estimate of drug-likeness (QED) is 0.922. The van der Waals surface area contributed by atoms with Crippen molar-refractivity contribution < 1.29 is 14.2 Å². The van der Waals surface area contributed by atoms with Crippen LogP contribution in [0.5, 0.6) is 11.6 Å². The van der Waals surface area contributed by atoms with Gasteiger partial charge in [0.1, 0.15) is 17.3 Å². The standard InChI is InChI=1S/C14H13FN2O2/c1-19-13-7-10(8-2-3-8)14(17-16-13)11-6-9(15)4-5-12(11)18/h4-8,18H,2-3H2,1H3. The predicted molar refractivity (Wildman–Crippen MR) is 67.6 cm³/mol. The molecule has 1 aromatic heterocycles. The number of methoxy groups -OCH3 is 1. The van der Waals surface area contributed by atoms with Gasteiger partial charge in [-0.3, -0.25) is 0 Å². The van der Waals surface area contributed by atoms with E-state index in [9.17, 15) is 9.50 Å². The zero-order chi connectivity index (χ0) is 13.4. The van der Waals surface area contributed by atoms with Gasteiger partial charge >= 0.3 is 0 Å². The van der Waals surface area contributed by atoms with Crippen LogP contribution in [0.2, 0.25) is 0 Å². The van der Waals surface area contributed by atoms with Crippen molar-refractivity contribution in [3.63, 3.8) is 0 Å². The summed E-state index contributed by atoms with van der Waals surface area (Å²) in [5, 5.41) is 17.9. The van der Waals surface area contributed by atoms with E-state index in [2.05, 4.69) is 10.2 Å². The number of hydrogen-bond donors (Lipinski definition) is 1. The lowest BCUT2D eigenvalue weighted by Crippen LogP contribution is -1.98. The average molecular weight is 260 g/mol. The van der Waals surface area contributed by atoms with Gasteiger partial charge in [0.15, 0.2) is 0 Å². The Morgan fingerprint density at radius 3 is 2.74 bits per heavy atom. The zero-order valence-electron chi connectivity index (χ0n) is 10.4. The fourth-order valence-electron chi connectivity index (χ4n) is 2.10. The van der Waals surface area contributed by atoms with Crippen LogP contribution in [-0.2, 0) is 0 Å². The molecule has 3 rings (SSSR count). The van der Waals surface area contributed by atoms with Crippen LogP contribution in [0, 0.1) is 5.82 Å². The maximum atomic E-state index is 13.3. The molecule has 0 bridgehead atoms. The Morgan fingerprint density at radius 2 is 2.05 bits per heavy atom. The summed E-state index contributed by atoms with van der Waals surface area (Å²) in [7, 11) is 1.53. The Balaban J connectivity index is 2.15. The molecule has 4 nitrogen and oxygen atoms in total. The molecule has 1 N–H and O–H groups in total. The minimum Gasteiger partial charge on any atom is -0.507 e. The van der Waals surface area contributed by atoms with Crippen molar-refractivity contribution in [2.75, 3.05) is 7.11 Å². The lowest BCUT2D eigenvalue weighted by molar-refractivity contribution is 0.391. The second-order valence-electron chi connectivity index (χ2n) is 4.63. The topological polar surface area (TPSA) is 55.2 Å². The molecule has 0 radical (unpaired) electrons. The van der Waals surface area contributed by atoms with Crippen LogP contribution >= 0.6 is 0 Å². The smallest absolute Gasteiger partial charge is 0.233 e. The molecule has 0 saturated heterocycles. The Labute approximate surface area is 109 Å². The van der Waals surface area contributed by atoms with E-state index in [0.717, 1.165) is 18.4 Å². The van der Waals surface area contributed by atoms with Crippen LogP contribution in [0.3, 0.4) is 0 Å². The lowest BCUT2D eigenvalue weighted by Gasteiger charge is -2.10. The van der Waals surface area contributed by atoms with Crippen molar-refractivity contribution in [3.8, 4) is 22.9 Å². The van der Waals surface area contributed by atoms with Gasteiger partial charge in [-0.25, -0.2) is 4.39 Å². The first-order valence-electron chi connectivity index (χ1n) is 6.09. The second kappa shape index (κ2) is 4.50. The van der Waals surface area contributed by atoms with Crippen LogP contribution in [0.4, 0.5) is 4.39 Å². The molecule has 2 aromatic rings.